The van der Waals surface area contributed by atoms with Crippen molar-refractivity contribution in [1.82, 2.24) is 4.90 Å². The number of halogens is 1. The largest absolute Gasteiger partial charge is 0.444 e. The number of anilines is 1. The van der Waals surface area contributed by atoms with E-state index in [1.165, 1.54) is 12.5 Å². The molecule has 2 aliphatic rings. The Hall–Kier alpha value is -1.82. The number of hydrogen-bond donors (Lipinski definition) is 1. The number of carbonyl (C=O) groups excluding carboxylic acids is 1. The number of carbonyl (C=O) groups is 1. The summed E-state index contributed by atoms with van der Waals surface area (Å²) in [5.41, 5.74) is 6.02. The summed E-state index contributed by atoms with van der Waals surface area (Å²) in [4.78, 5) is 14.0. The topological polar surface area (TPSA) is 64.8 Å². The first-order chi connectivity index (χ1) is 12.7. The van der Waals surface area contributed by atoms with Crippen LogP contribution in [-0.4, -0.2) is 36.3 Å². The van der Waals surface area contributed by atoms with Gasteiger partial charge in [0.1, 0.15) is 11.4 Å². The molecule has 27 heavy (non-hydrogen) atoms. The minimum Gasteiger partial charge on any atom is -0.444 e. The maximum absolute atomic E-state index is 13.4. The molecule has 1 aromatic carbocycles. The van der Waals surface area contributed by atoms with Gasteiger partial charge in [-0.1, -0.05) is 6.07 Å². The van der Waals surface area contributed by atoms with Gasteiger partial charge in [-0.3, -0.25) is 0 Å². The zero-order chi connectivity index (χ0) is 19.6. The van der Waals surface area contributed by atoms with Crippen molar-refractivity contribution in [2.45, 2.75) is 52.2 Å². The van der Waals surface area contributed by atoms with Gasteiger partial charge in [-0.2, -0.15) is 0 Å². The normalized spacial score (nSPS) is 23.3. The summed E-state index contributed by atoms with van der Waals surface area (Å²) in [5.74, 6) is 1.54. The molecule has 0 spiro atoms. The Balaban J connectivity index is 1.35. The molecular weight excluding hydrogens is 347 g/mol. The van der Waals surface area contributed by atoms with Gasteiger partial charge >= 0.3 is 6.09 Å². The third kappa shape index (κ3) is 5.58. The highest BCUT2D eigenvalue weighted by molar-refractivity contribution is 5.68. The second kappa shape index (κ2) is 8.05. The Morgan fingerprint density at radius 1 is 1.30 bits per heavy atom. The number of likely N-dealkylation sites (tertiary alicyclic amines) is 1. The fraction of sp³-hybridized carbons (Fsp3) is 0.667. The molecule has 0 radical (unpaired) electrons. The van der Waals surface area contributed by atoms with Crippen LogP contribution in [0.15, 0.2) is 18.2 Å². The third-order valence-corrected chi connectivity index (χ3v) is 5.44. The molecule has 1 aliphatic carbocycles. The number of rotatable bonds is 5. The van der Waals surface area contributed by atoms with Gasteiger partial charge in [0.2, 0.25) is 0 Å². The second-order valence-electron chi connectivity index (χ2n) is 8.84. The van der Waals surface area contributed by atoms with Gasteiger partial charge in [0.25, 0.3) is 0 Å². The Morgan fingerprint density at radius 3 is 2.63 bits per heavy atom. The first-order valence-corrected chi connectivity index (χ1v) is 9.82. The molecule has 2 atom stereocenters. The standard InChI is InChI=1S/C21H31FN2O3/c1-21(2,3)27-20(25)24-8-6-15(7-9-24)17-11-16(17)13-26-12-14-4-5-19(23)18(22)10-14/h4-5,10,15-17H,6-9,11-13,23H2,1-3H3. The van der Waals surface area contributed by atoms with Crippen LogP contribution in [0.5, 0.6) is 0 Å². The molecule has 0 bridgehead atoms. The van der Waals surface area contributed by atoms with Crippen molar-refractivity contribution in [3.63, 3.8) is 0 Å². The fourth-order valence-corrected chi connectivity index (χ4v) is 3.87. The van der Waals surface area contributed by atoms with E-state index in [4.69, 9.17) is 15.2 Å². The van der Waals surface area contributed by atoms with E-state index in [0.717, 1.165) is 31.5 Å². The SMILES string of the molecule is CC(C)(C)OC(=O)N1CCC(C2CC2COCc2ccc(N)c(F)c2)CC1. The molecule has 2 N–H and O–H groups in total. The molecule has 2 fully saturated rings. The summed E-state index contributed by atoms with van der Waals surface area (Å²) in [7, 11) is 0. The monoisotopic (exact) mass is 378 g/mol. The molecule has 2 unspecified atom stereocenters. The average molecular weight is 378 g/mol. The van der Waals surface area contributed by atoms with Crippen LogP contribution >= 0.6 is 0 Å². The minimum absolute atomic E-state index is 0.165. The van der Waals surface area contributed by atoms with Crippen LogP contribution in [0.2, 0.25) is 0 Å². The lowest BCUT2D eigenvalue weighted by Crippen LogP contribution is -2.42. The van der Waals surface area contributed by atoms with E-state index in [2.05, 4.69) is 0 Å². The van der Waals surface area contributed by atoms with Gasteiger partial charge in [-0.25, -0.2) is 9.18 Å². The highest BCUT2D eigenvalue weighted by Gasteiger charge is 2.44. The summed E-state index contributed by atoms with van der Waals surface area (Å²) >= 11 is 0. The van der Waals surface area contributed by atoms with Crippen molar-refractivity contribution in [3.8, 4) is 0 Å². The summed E-state index contributed by atoms with van der Waals surface area (Å²) in [6.45, 7) is 8.35. The van der Waals surface area contributed by atoms with E-state index in [-0.39, 0.29) is 11.8 Å². The summed E-state index contributed by atoms with van der Waals surface area (Å²) < 4.78 is 24.7. The van der Waals surface area contributed by atoms with Gasteiger partial charge in [0, 0.05) is 13.1 Å². The van der Waals surface area contributed by atoms with E-state index in [9.17, 15) is 9.18 Å². The van der Waals surface area contributed by atoms with Crippen LogP contribution in [0.4, 0.5) is 14.9 Å². The van der Waals surface area contributed by atoms with Crippen LogP contribution in [0, 0.1) is 23.6 Å². The van der Waals surface area contributed by atoms with Crippen molar-refractivity contribution in [1.29, 1.82) is 0 Å². The Morgan fingerprint density at radius 2 is 2.00 bits per heavy atom. The molecule has 3 rings (SSSR count). The summed E-state index contributed by atoms with van der Waals surface area (Å²) in [6.07, 6.45) is 3.05. The third-order valence-electron chi connectivity index (χ3n) is 5.44. The number of nitrogens with zero attached hydrogens (tertiary/aromatic N) is 1. The summed E-state index contributed by atoms with van der Waals surface area (Å²) in [5, 5.41) is 0. The van der Waals surface area contributed by atoms with Gasteiger partial charge < -0.3 is 20.1 Å². The first-order valence-electron chi connectivity index (χ1n) is 9.82. The first kappa shape index (κ1) is 19.9. The lowest BCUT2D eigenvalue weighted by Gasteiger charge is -2.33. The van der Waals surface area contributed by atoms with Crippen LogP contribution in [-0.2, 0) is 16.1 Å². The zero-order valence-corrected chi connectivity index (χ0v) is 16.5. The maximum atomic E-state index is 13.4. The fourth-order valence-electron chi connectivity index (χ4n) is 3.87. The summed E-state index contributed by atoms with van der Waals surface area (Å²) in [6, 6.07) is 4.81. The quantitative estimate of drug-likeness (QED) is 0.780. The minimum atomic E-state index is -0.444. The Kier molecular flexibility index (Phi) is 5.94. The van der Waals surface area contributed by atoms with Gasteiger partial charge in [0.15, 0.2) is 0 Å². The van der Waals surface area contributed by atoms with Crippen LogP contribution in [0.3, 0.4) is 0 Å². The molecule has 1 amide bonds. The number of piperidine rings is 1. The van der Waals surface area contributed by atoms with E-state index in [1.54, 1.807) is 12.1 Å². The van der Waals surface area contributed by atoms with Crippen molar-refractivity contribution in [3.05, 3.63) is 29.6 Å². The Labute approximate surface area is 161 Å². The number of amides is 1. The smallest absolute Gasteiger partial charge is 0.410 e. The van der Waals surface area contributed by atoms with Gasteiger partial charge in [-0.05, 0) is 75.5 Å². The molecule has 6 heteroatoms. The zero-order valence-electron chi connectivity index (χ0n) is 16.5. The van der Waals surface area contributed by atoms with E-state index in [1.807, 2.05) is 25.7 Å². The highest BCUT2D eigenvalue weighted by atomic mass is 19.1. The number of nitrogen functional groups attached to an aromatic ring is 1. The van der Waals surface area contributed by atoms with Crippen LogP contribution in [0.25, 0.3) is 0 Å². The van der Waals surface area contributed by atoms with Crippen molar-refractivity contribution >= 4 is 11.8 Å². The molecule has 1 saturated heterocycles. The number of ether oxygens (including phenoxy) is 2. The number of benzene rings is 1. The van der Waals surface area contributed by atoms with Crippen LogP contribution in [0.1, 0.15) is 45.6 Å². The van der Waals surface area contributed by atoms with Gasteiger partial charge in [0.05, 0.1) is 18.9 Å². The second-order valence-corrected chi connectivity index (χ2v) is 8.84. The van der Waals surface area contributed by atoms with Crippen molar-refractivity contribution in [2.75, 3.05) is 25.4 Å². The van der Waals surface area contributed by atoms with Crippen molar-refractivity contribution in [2.24, 2.45) is 17.8 Å². The van der Waals surface area contributed by atoms with Gasteiger partial charge in [-0.15, -0.1) is 0 Å². The van der Waals surface area contributed by atoms with E-state index >= 15 is 0 Å². The van der Waals surface area contributed by atoms with Crippen molar-refractivity contribution < 1.29 is 18.7 Å². The highest BCUT2D eigenvalue weighted by Crippen LogP contribution is 2.48. The van der Waals surface area contributed by atoms with E-state index < -0.39 is 11.4 Å². The predicted molar refractivity (Wildman–Crippen MR) is 103 cm³/mol. The average Bonchev–Trinajstić information content (AvgIpc) is 3.36. The van der Waals surface area contributed by atoms with Crippen LogP contribution < -0.4 is 5.73 Å². The molecule has 150 valence electrons. The number of nitrogens with two attached hydrogens (primary N) is 1. The molecule has 5 nitrogen and oxygen atoms in total. The molecular formula is C21H31FN2O3. The predicted octanol–water partition coefficient (Wildman–Crippen LogP) is 4.21. The van der Waals surface area contributed by atoms with E-state index in [0.29, 0.717) is 31.0 Å². The molecule has 0 aromatic heterocycles. The Bertz CT molecular complexity index is 666. The number of hydrogen-bond acceptors (Lipinski definition) is 4. The molecule has 1 heterocycles. The molecule has 1 aliphatic heterocycles. The molecule has 1 aromatic rings. The lowest BCUT2D eigenvalue weighted by atomic mass is 9.91. The lowest BCUT2D eigenvalue weighted by molar-refractivity contribution is 0.0170. The maximum Gasteiger partial charge on any atom is 0.410 e. The molecule has 1 saturated carbocycles.